The van der Waals surface area contributed by atoms with E-state index in [2.05, 4.69) is 25.1 Å². The molecule has 0 bridgehead atoms. The molecule has 0 unspecified atom stereocenters. The summed E-state index contributed by atoms with van der Waals surface area (Å²) in [7, 11) is 1.63. The van der Waals surface area contributed by atoms with Crippen molar-refractivity contribution in [3.05, 3.63) is 0 Å². The Morgan fingerprint density at radius 3 is 2.75 bits per heavy atom. The normalized spacial score (nSPS) is 10.2. The number of hydrogen-bond acceptors (Lipinski definition) is 3. The molecule has 0 aliphatic rings. The molecular formula is C12H22N2O2. The lowest BCUT2D eigenvalue weighted by Gasteiger charge is -2.24. The molecule has 16 heavy (non-hydrogen) atoms. The van der Waals surface area contributed by atoms with Crippen LogP contribution in [0.15, 0.2) is 0 Å². The molecule has 0 radical (unpaired) electrons. The fraction of sp³-hybridized carbons (Fsp3) is 0.750. The topological polar surface area (TPSA) is 41.6 Å². The SMILES string of the molecule is C#CCNCC(=O)N(CCOC)CC(C)C. The Morgan fingerprint density at radius 1 is 1.56 bits per heavy atom. The second-order valence-corrected chi connectivity index (χ2v) is 4.03. The fourth-order valence-corrected chi connectivity index (χ4v) is 1.31. The zero-order valence-corrected chi connectivity index (χ0v) is 10.5. The second-order valence-electron chi connectivity index (χ2n) is 4.03. The highest BCUT2D eigenvalue weighted by atomic mass is 16.5. The van der Waals surface area contributed by atoms with Crippen molar-refractivity contribution in [1.29, 1.82) is 0 Å². The molecule has 0 aromatic rings. The molecule has 0 aromatic heterocycles. The lowest BCUT2D eigenvalue weighted by Crippen LogP contribution is -2.41. The largest absolute Gasteiger partial charge is 0.383 e. The fourth-order valence-electron chi connectivity index (χ4n) is 1.31. The zero-order chi connectivity index (χ0) is 12.4. The Hall–Kier alpha value is -1.05. The molecule has 92 valence electrons. The van der Waals surface area contributed by atoms with Crippen LogP contribution in [-0.2, 0) is 9.53 Å². The van der Waals surface area contributed by atoms with E-state index in [1.165, 1.54) is 0 Å². The number of rotatable bonds is 8. The molecule has 0 spiro atoms. The molecule has 4 heteroatoms. The maximum absolute atomic E-state index is 11.8. The number of hydrogen-bond donors (Lipinski definition) is 1. The first-order valence-corrected chi connectivity index (χ1v) is 5.52. The van der Waals surface area contributed by atoms with Gasteiger partial charge in [0.15, 0.2) is 0 Å². The Balaban J connectivity index is 4.05. The second kappa shape index (κ2) is 9.20. The first-order valence-electron chi connectivity index (χ1n) is 5.52. The van der Waals surface area contributed by atoms with Gasteiger partial charge in [0, 0.05) is 20.2 Å². The molecule has 0 aliphatic heterocycles. The third-order valence-corrected chi connectivity index (χ3v) is 2.01. The number of terminal acetylenes is 1. The molecule has 0 atom stereocenters. The molecule has 0 aromatic carbocycles. The molecule has 4 nitrogen and oxygen atoms in total. The van der Waals surface area contributed by atoms with Gasteiger partial charge in [-0.3, -0.25) is 10.1 Å². The summed E-state index contributed by atoms with van der Waals surface area (Å²) >= 11 is 0. The van der Waals surface area contributed by atoms with E-state index in [1.54, 1.807) is 12.0 Å². The first kappa shape index (κ1) is 14.9. The average molecular weight is 226 g/mol. The van der Waals surface area contributed by atoms with Crippen LogP contribution in [0.5, 0.6) is 0 Å². The molecule has 0 saturated carbocycles. The lowest BCUT2D eigenvalue weighted by molar-refractivity contribution is -0.131. The summed E-state index contributed by atoms with van der Waals surface area (Å²) in [5.74, 6) is 2.96. The van der Waals surface area contributed by atoms with E-state index >= 15 is 0 Å². The standard InChI is InChI=1S/C12H22N2O2/c1-5-6-13-9-12(15)14(7-8-16-4)10-11(2)3/h1,11,13H,6-10H2,2-4H3. The Kier molecular flexibility index (Phi) is 8.59. The van der Waals surface area contributed by atoms with Gasteiger partial charge in [0.25, 0.3) is 0 Å². The molecule has 1 N–H and O–H groups in total. The molecule has 0 heterocycles. The summed E-state index contributed by atoms with van der Waals surface area (Å²) in [5.41, 5.74) is 0. The molecule has 0 rings (SSSR count). The predicted molar refractivity (Wildman–Crippen MR) is 65.0 cm³/mol. The van der Waals surface area contributed by atoms with E-state index < -0.39 is 0 Å². The summed E-state index contributed by atoms with van der Waals surface area (Å²) in [6, 6.07) is 0. The molecule has 1 amide bonds. The highest BCUT2D eigenvalue weighted by molar-refractivity contribution is 5.78. The van der Waals surface area contributed by atoms with Gasteiger partial charge in [-0.1, -0.05) is 19.8 Å². The van der Waals surface area contributed by atoms with Crippen molar-refractivity contribution < 1.29 is 9.53 Å². The zero-order valence-electron chi connectivity index (χ0n) is 10.5. The summed E-state index contributed by atoms with van der Waals surface area (Å²) in [6.45, 7) is 6.83. The maximum atomic E-state index is 11.8. The van der Waals surface area contributed by atoms with Crippen LogP contribution in [0.2, 0.25) is 0 Å². The van der Waals surface area contributed by atoms with Crippen molar-refractivity contribution in [1.82, 2.24) is 10.2 Å². The molecule has 0 fully saturated rings. The van der Waals surface area contributed by atoms with Crippen LogP contribution < -0.4 is 5.32 Å². The Labute approximate surface area is 98.3 Å². The smallest absolute Gasteiger partial charge is 0.236 e. The van der Waals surface area contributed by atoms with Crippen LogP contribution in [0.3, 0.4) is 0 Å². The van der Waals surface area contributed by atoms with Crippen LogP contribution in [0.25, 0.3) is 0 Å². The minimum absolute atomic E-state index is 0.0704. The maximum Gasteiger partial charge on any atom is 0.236 e. The summed E-state index contributed by atoms with van der Waals surface area (Å²) < 4.78 is 4.98. The van der Waals surface area contributed by atoms with Crippen LogP contribution in [0.4, 0.5) is 0 Å². The van der Waals surface area contributed by atoms with Gasteiger partial charge in [-0.15, -0.1) is 6.42 Å². The Morgan fingerprint density at radius 2 is 2.25 bits per heavy atom. The van der Waals surface area contributed by atoms with Crippen LogP contribution in [0.1, 0.15) is 13.8 Å². The molecule has 0 aliphatic carbocycles. The van der Waals surface area contributed by atoms with Crippen molar-refractivity contribution in [2.75, 3.05) is 39.9 Å². The van der Waals surface area contributed by atoms with Gasteiger partial charge >= 0.3 is 0 Å². The van der Waals surface area contributed by atoms with Gasteiger partial charge in [0.2, 0.25) is 5.91 Å². The van der Waals surface area contributed by atoms with Gasteiger partial charge in [0.1, 0.15) is 0 Å². The van der Waals surface area contributed by atoms with Gasteiger partial charge in [-0.05, 0) is 5.92 Å². The van der Waals surface area contributed by atoms with Crippen molar-refractivity contribution in [2.24, 2.45) is 5.92 Å². The molecule has 0 saturated heterocycles. The van der Waals surface area contributed by atoms with E-state index in [1.807, 2.05) is 0 Å². The highest BCUT2D eigenvalue weighted by Gasteiger charge is 2.13. The number of carbonyl (C=O) groups excluding carboxylic acids is 1. The van der Waals surface area contributed by atoms with E-state index in [0.717, 1.165) is 6.54 Å². The number of nitrogens with one attached hydrogen (secondary N) is 1. The van der Waals surface area contributed by atoms with Gasteiger partial charge in [-0.2, -0.15) is 0 Å². The average Bonchev–Trinajstić information content (AvgIpc) is 2.23. The minimum Gasteiger partial charge on any atom is -0.383 e. The van der Waals surface area contributed by atoms with E-state index in [-0.39, 0.29) is 5.91 Å². The van der Waals surface area contributed by atoms with E-state index in [4.69, 9.17) is 11.2 Å². The van der Waals surface area contributed by atoms with Crippen molar-refractivity contribution >= 4 is 5.91 Å². The van der Waals surface area contributed by atoms with Gasteiger partial charge in [0.05, 0.1) is 19.7 Å². The van der Waals surface area contributed by atoms with Crippen LogP contribution in [0, 0.1) is 18.3 Å². The summed E-state index contributed by atoms with van der Waals surface area (Å²) in [6.07, 6.45) is 5.09. The predicted octanol–water partition coefficient (Wildman–Crippen LogP) is 0.340. The van der Waals surface area contributed by atoms with Crippen LogP contribution in [-0.4, -0.2) is 50.7 Å². The summed E-state index contributed by atoms with van der Waals surface area (Å²) in [5, 5.41) is 2.90. The Bertz CT molecular complexity index is 234. The monoisotopic (exact) mass is 226 g/mol. The van der Waals surface area contributed by atoms with E-state index in [0.29, 0.717) is 32.2 Å². The first-order chi connectivity index (χ1) is 7.61. The number of methoxy groups -OCH3 is 1. The molecular weight excluding hydrogens is 204 g/mol. The highest BCUT2D eigenvalue weighted by Crippen LogP contribution is 1.99. The van der Waals surface area contributed by atoms with Crippen molar-refractivity contribution in [3.8, 4) is 12.3 Å². The summed E-state index contributed by atoms with van der Waals surface area (Å²) in [4.78, 5) is 13.6. The third-order valence-electron chi connectivity index (χ3n) is 2.01. The van der Waals surface area contributed by atoms with Crippen molar-refractivity contribution in [3.63, 3.8) is 0 Å². The number of nitrogens with zero attached hydrogens (tertiary/aromatic N) is 1. The number of amides is 1. The number of ether oxygens (including phenoxy) is 1. The quantitative estimate of drug-likeness (QED) is 0.479. The van der Waals surface area contributed by atoms with Gasteiger partial charge < -0.3 is 9.64 Å². The third kappa shape index (κ3) is 7.27. The number of carbonyl (C=O) groups is 1. The van der Waals surface area contributed by atoms with Crippen molar-refractivity contribution in [2.45, 2.75) is 13.8 Å². The minimum atomic E-state index is 0.0704. The van der Waals surface area contributed by atoms with E-state index in [9.17, 15) is 4.79 Å². The van der Waals surface area contributed by atoms with Gasteiger partial charge in [-0.25, -0.2) is 0 Å². The van der Waals surface area contributed by atoms with Crippen LogP contribution >= 0.6 is 0 Å². The lowest BCUT2D eigenvalue weighted by atomic mass is 10.2.